The third-order valence-corrected chi connectivity index (χ3v) is 4.26. The normalized spacial score (nSPS) is 24.4. The van der Waals surface area contributed by atoms with E-state index in [1.165, 1.54) is 6.26 Å². The molecule has 2 fully saturated rings. The zero-order valence-corrected chi connectivity index (χ0v) is 11.6. The summed E-state index contributed by atoms with van der Waals surface area (Å²) in [6.07, 6.45) is 6.00. The molecular formula is C14H21N3O2. The Morgan fingerprint density at radius 1 is 1.47 bits per heavy atom. The molecule has 1 saturated carbocycles. The number of carbonyl (C=O) groups is 1. The number of nitrogens with zero attached hydrogens (tertiary/aromatic N) is 3. The molecular weight excluding hydrogens is 242 g/mol. The van der Waals surface area contributed by atoms with Crippen molar-refractivity contribution in [3.8, 4) is 0 Å². The predicted molar refractivity (Wildman–Crippen MR) is 71.1 cm³/mol. The number of likely N-dealkylation sites (tertiary alicyclic amines) is 1. The zero-order chi connectivity index (χ0) is 13.4. The van der Waals surface area contributed by atoms with Crippen LogP contribution in [0.4, 0.5) is 0 Å². The third-order valence-electron chi connectivity index (χ3n) is 4.26. The molecule has 1 aromatic rings. The molecule has 1 aliphatic carbocycles. The van der Waals surface area contributed by atoms with Gasteiger partial charge < -0.3 is 14.3 Å². The number of hydrogen-bond acceptors (Lipinski definition) is 4. The molecule has 19 heavy (non-hydrogen) atoms. The van der Waals surface area contributed by atoms with Crippen molar-refractivity contribution in [1.82, 2.24) is 15.0 Å². The minimum Gasteiger partial charge on any atom is -0.364 e. The topological polar surface area (TPSA) is 49.6 Å². The summed E-state index contributed by atoms with van der Waals surface area (Å²) in [5, 5.41) is 4.01. The molecule has 2 aliphatic rings. The van der Waals surface area contributed by atoms with Gasteiger partial charge in [0.15, 0.2) is 0 Å². The SMILES string of the molecule is CN1CCCC(N(C)C(=O)c2conc2C2CC2)C1. The minimum absolute atomic E-state index is 0.0588. The maximum Gasteiger partial charge on any atom is 0.259 e. The van der Waals surface area contributed by atoms with Crippen LogP contribution in [0.25, 0.3) is 0 Å². The predicted octanol–water partition coefficient (Wildman–Crippen LogP) is 1.72. The molecule has 1 aliphatic heterocycles. The summed E-state index contributed by atoms with van der Waals surface area (Å²) in [5.41, 5.74) is 1.53. The second-order valence-corrected chi connectivity index (χ2v) is 5.86. The lowest BCUT2D eigenvalue weighted by molar-refractivity contribution is 0.0642. The number of likely N-dealkylation sites (N-methyl/N-ethyl adjacent to an activating group) is 2. The van der Waals surface area contributed by atoms with Crippen molar-refractivity contribution in [1.29, 1.82) is 0 Å². The molecule has 0 aromatic carbocycles. The standard InChI is InChI=1S/C14H21N3O2/c1-16-7-3-4-11(8-16)17(2)14(18)12-9-19-15-13(12)10-5-6-10/h9-11H,3-8H2,1-2H3. The molecule has 5 nitrogen and oxygen atoms in total. The number of aromatic nitrogens is 1. The quantitative estimate of drug-likeness (QED) is 0.833. The van der Waals surface area contributed by atoms with Gasteiger partial charge in [0.25, 0.3) is 5.91 Å². The van der Waals surface area contributed by atoms with Gasteiger partial charge in [-0.2, -0.15) is 0 Å². The molecule has 5 heteroatoms. The van der Waals surface area contributed by atoms with Crippen molar-refractivity contribution in [2.45, 2.75) is 37.6 Å². The Morgan fingerprint density at radius 2 is 2.26 bits per heavy atom. The first-order valence-electron chi connectivity index (χ1n) is 7.07. The summed E-state index contributed by atoms with van der Waals surface area (Å²) in [7, 11) is 4.01. The highest BCUT2D eigenvalue weighted by Crippen LogP contribution is 2.41. The Morgan fingerprint density at radius 3 is 2.95 bits per heavy atom. The van der Waals surface area contributed by atoms with Crippen LogP contribution in [0.2, 0.25) is 0 Å². The summed E-state index contributed by atoms with van der Waals surface area (Å²) in [5.74, 6) is 0.503. The molecule has 0 spiro atoms. The number of rotatable bonds is 3. The van der Waals surface area contributed by atoms with Crippen molar-refractivity contribution < 1.29 is 9.32 Å². The van der Waals surface area contributed by atoms with Crippen molar-refractivity contribution in [2.24, 2.45) is 0 Å². The van der Waals surface area contributed by atoms with Crippen LogP contribution < -0.4 is 0 Å². The monoisotopic (exact) mass is 263 g/mol. The molecule has 1 amide bonds. The highest BCUT2D eigenvalue weighted by Gasteiger charge is 2.34. The Labute approximate surface area is 113 Å². The van der Waals surface area contributed by atoms with Crippen LogP contribution in [0.15, 0.2) is 10.8 Å². The Balaban J connectivity index is 1.73. The van der Waals surface area contributed by atoms with Crippen LogP contribution in [0.1, 0.15) is 47.7 Å². The lowest BCUT2D eigenvalue weighted by atomic mass is 10.0. The Bertz CT molecular complexity index is 467. The van der Waals surface area contributed by atoms with E-state index in [2.05, 4.69) is 17.1 Å². The van der Waals surface area contributed by atoms with Crippen molar-refractivity contribution in [3.63, 3.8) is 0 Å². The number of amides is 1. The first-order valence-corrected chi connectivity index (χ1v) is 7.07. The smallest absolute Gasteiger partial charge is 0.259 e. The fraction of sp³-hybridized carbons (Fsp3) is 0.714. The average Bonchev–Trinajstić information content (AvgIpc) is 3.14. The van der Waals surface area contributed by atoms with Gasteiger partial charge in [-0.25, -0.2) is 0 Å². The molecule has 1 aromatic heterocycles. The van der Waals surface area contributed by atoms with Crippen LogP contribution in [-0.2, 0) is 0 Å². The van der Waals surface area contributed by atoms with E-state index in [1.54, 1.807) is 0 Å². The third kappa shape index (κ3) is 2.52. The van der Waals surface area contributed by atoms with Crippen LogP contribution in [0, 0.1) is 0 Å². The van der Waals surface area contributed by atoms with Gasteiger partial charge in [-0.15, -0.1) is 0 Å². The van der Waals surface area contributed by atoms with E-state index in [0.29, 0.717) is 17.5 Å². The summed E-state index contributed by atoms with van der Waals surface area (Å²) in [4.78, 5) is 16.7. The van der Waals surface area contributed by atoms with Crippen LogP contribution in [0.3, 0.4) is 0 Å². The van der Waals surface area contributed by atoms with E-state index in [-0.39, 0.29) is 5.91 Å². The van der Waals surface area contributed by atoms with Gasteiger partial charge in [0.2, 0.25) is 0 Å². The summed E-state index contributed by atoms with van der Waals surface area (Å²) < 4.78 is 5.02. The van der Waals surface area contributed by atoms with Gasteiger partial charge >= 0.3 is 0 Å². The second-order valence-electron chi connectivity index (χ2n) is 5.86. The number of hydrogen-bond donors (Lipinski definition) is 0. The molecule has 0 N–H and O–H groups in total. The summed E-state index contributed by atoms with van der Waals surface area (Å²) in [6.45, 7) is 2.07. The van der Waals surface area contributed by atoms with E-state index in [4.69, 9.17) is 4.52 Å². The van der Waals surface area contributed by atoms with Crippen LogP contribution in [0.5, 0.6) is 0 Å². The van der Waals surface area contributed by atoms with Crippen molar-refractivity contribution >= 4 is 5.91 Å². The van der Waals surface area contributed by atoms with Gasteiger partial charge in [0.05, 0.1) is 5.69 Å². The van der Waals surface area contributed by atoms with E-state index in [9.17, 15) is 4.79 Å². The van der Waals surface area contributed by atoms with Gasteiger partial charge in [-0.05, 0) is 39.3 Å². The van der Waals surface area contributed by atoms with Crippen LogP contribution >= 0.6 is 0 Å². The summed E-state index contributed by atoms with van der Waals surface area (Å²) >= 11 is 0. The second kappa shape index (κ2) is 4.96. The average molecular weight is 263 g/mol. The van der Waals surface area contributed by atoms with Gasteiger partial charge in [0.1, 0.15) is 11.8 Å². The van der Waals surface area contributed by atoms with Crippen molar-refractivity contribution in [3.05, 3.63) is 17.5 Å². The fourth-order valence-electron chi connectivity index (χ4n) is 2.87. The first-order chi connectivity index (χ1) is 9.16. The highest BCUT2D eigenvalue weighted by molar-refractivity contribution is 5.95. The minimum atomic E-state index is 0.0588. The van der Waals surface area contributed by atoms with Gasteiger partial charge in [-0.1, -0.05) is 5.16 Å². The molecule has 2 heterocycles. The molecule has 1 atom stereocenters. The lowest BCUT2D eigenvalue weighted by Crippen LogP contribution is -2.47. The molecule has 1 unspecified atom stereocenters. The first kappa shape index (κ1) is 12.7. The molecule has 3 rings (SSSR count). The fourth-order valence-corrected chi connectivity index (χ4v) is 2.87. The van der Waals surface area contributed by atoms with Gasteiger partial charge in [0, 0.05) is 25.6 Å². The molecule has 104 valence electrons. The van der Waals surface area contributed by atoms with Crippen LogP contribution in [-0.4, -0.2) is 54.1 Å². The lowest BCUT2D eigenvalue weighted by Gasteiger charge is -2.35. The molecule has 0 bridgehead atoms. The maximum atomic E-state index is 12.6. The zero-order valence-electron chi connectivity index (χ0n) is 11.6. The Hall–Kier alpha value is -1.36. The van der Waals surface area contributed by atoms with E-state index < -0.39 is 0 Å². The number of piperidine rings is 1. The summed E-state index contributed by atoms with van der Waals surface area (Å²) in [6, 6.07) is 0.299. The number of carbonyl (C=O) groups excluding carboxylic acids is 1. The van der Waals surface area contributed by atoms with E-state index in [0.717, 1.165) is 44.5 Å². The van der Waals surface area contributed by atoms with E-state index in [1.807, 2.05) is 11.9 Å². The maximum absolute atomic E-state index is 12.6. The largest absolute Gasteiger partial charge is 0.364 e. The van der Waals surface area contributed by atoms with Crippen molar-refractivity contribution in [2.75, 3.05) is 27.2 Å². The molecule has 1 saturated heterocycles. The molecule has 0 radical (unpaired) electrons. The van der Waals surface area contributed by atoms with E-state index >= 15 is 0 Å². The highest BCUT2D eigenvalue weighted by atomic mass is 16.5. The van der Waals surface area contributed by atoms with Gasteiger partial charge in [-0.3, -0.25) is 4.79 Å². The Kier molecular flexibility index (Phi) is 3.31.